The van der Waals surface area contributed by atoms with Crippen molar-refractivity contribution in [2.24, 2.45) is 0 Å². The molecule has 6 nitrogen and oxygen atoms in total. The maximum absolute atomic E-state index is 11.6. The van der Waals surface area contributed by atoms with E-state index in [4.69, 9.17) is 5.26 Å². The normalized spacial score (nSPS) is 10.3. The van der Waals surface area contributed by atoms with E-state index >= 15 is 0 Å². The number of hydrogen-bond acceptors (Lipinski definition) is 5. The Balaban J connectivity index is 2.71. The van der Waals surface area contributed by atoms with E-state index in [2.05, 4.69) is 15.0 Å². The van der Waals surface area contributed by atoms with Crippen LogP contribution in [0.2, 0.25) is 0 Å². The summed E-state index contributed by atoms with van der Waals surface area (Å²) in [6, 6.07) is 4.82. The minimum absolute atomic E-state index is 0.161. The Hall–Kier alpha value is -2.68. The van der Waals surface area contributed by atoms with E-state index in [9.17, 15) is 9.59 Å². The van der Waals surface area contributed by atoms with Gasteiger partial charge in [0.25, 0.3) is 5.91 Å². The zero-order valence-corrected chi connectivity index (χ0v) is 9.71. The maximum atomic E-state index is 11.6. The van der Waals surface area contributed by atoms with E-state index in [1.807, 2.05) is 0 Å². The van der Waals surface area contributed by atoms with E-state index in [0.29, 0.717) is 5.56 Å². The molecule has 1 amide bonds. The second-order valence-corrected chi connectivity index (χ2v) is 3.11. The van der Waals surface area contributed by atoms with Crippen molar-refractivity contribution in [1.82, 2.24) is 10.3 Å². The SMILES string of the molecule is CCOC(=O)/C(C#N)=C\NC(=O)c1cccnc1. The maximum Gasteiger partial charge on any atom is 0.350 e. The average molecular weight is 245 g/mol. The monoisotopic (exact) mass is 245 g/mol. The van der Waals surface area contributed by atoms with Gasteiger partial charge in [0.2, 0.25) is 0 Å². The lowest BCUT2D eigenvalue weighted by atomic mass is 10.2. The topological polar surface area (TPSA) is 92.1 Å². The molecule has 6 heteroatoms. The van der Waals surface area contributed by atoms with Gasteiger partial charge in [-0.2, -0.15) is 5.26 Å². The van der Waals surface area contributed by atoms with Gasteiger partial charge in [-0.1, -0.05) is 0 Å². The summed E-state index contributed by atoms with van der Waals surface area (Å²) in [4.78, 5) is 26.6. The lowest BCUT2D eigenvalue weighted by molar-refractivity contribution is -0.138. The Labute approximate surface area is 104 Å². The Kier molecular flexibility index (Phi) is 5.06. The van der Waals surface area contributed by atoms with E-state index in [1.165, 1.54) is 12.4 Å². The van der Waals surface area contributed by atoms with Crippen LogP contribution in [0.4, 0.5) is 0 Å². The third kappa shape index (κ3) is 3.72. The number of carbonyl (C=O) groups excluding carboxylic acids is 2. The van der Waals surface area contributed by atoms with Crippen LogP contribution in [0.1, 0.15) is 17.3 Å². The third-order valence-electron chi connectivity index (χ3n) is 1.89. The molecule has 0 atom stereocenters. The van der Waals surface area contributed by atoms with Crippen molar-refractivity contribution in [1.29, 1.82) is 5.26 Å². The van der Waals surface area contributed by atoms with Gasteiger partial charge in [0, 0.05) is 18.6 Å². The Morgan fingerprint density at radius 2 is 2.39 bits per heavy atom. The van der Waals surface area contributed by atoms with Crippen LogP contribution in [0, 0.1) is 11.3 Å². The molecule has 0 spiro atoms. The van der Waals surface area contributed by atoms with Gasteiger partial charge in [0.05, 0.1) is 12.2 Å². The van der Waals surface area contributed by atoms with Crippen LogP contribution in [0.5, 0.6) is 0 Å². The first-order chi connectivity index (χ1) is 8.69. The van der Waals surface area contributed by atoms with Crippen LogP contribution in [-0.2, 0) is 9.53 Å². The van der Waals surface area contributed by atoms with E-state index < -0.39 is 11.9 Å². The fourth-order valence-corrected chi connectivity index (χ4v) is 1.06. The number of nitrogens with one attached hydrogen (secondary N) is 1. The quantitative estimate of drug-likeness (QED) is 0.480. The summed E-state index contributed by atoms with van der Waals surface area (Å²) in [7, 11) is 0. The summed E-state index contributed by atoms with van der Waals surface area (Å²) < 4.78 is 4.64. The molecule has 0 radical (unpaired) electrons. The van der Waals surface area contributed by atoms with E-state index in [0.717, 1.165) is 6.20 Å². The van der Waals surface area contributed by atoms with E-state index in [1.54, 1.807) is 25.1 Å². The molecular formula is C12H11N3O3. The van der Waals surface area contributed by atoms with Crippen LogP contribution in [-0.4, -0.2) is 23.5 Å². The van der Waals surface area contributed by atoms with Gasteiger partial charge in [-0.3, -0.25) is 9.78 Å². The zero-order valence-electron chi connectivity index (χ0n) is 9.71. The molecule has 0 saturated heterocycles. The number of rotatable bonds is 4. The molecule has 92 valence electrons. The largest absolute Gasteiger partial charge is 0.462 e. The molecule has 0 bridgehead atoms. The molecule has 0 saturated carbocycles. The summed E-state index contributed by atoms with van der Waals surface area (Å²) in [5.74, 6) is -1.23. The number of carbonyl (C=O) groups is 2. The molecule has 1 aromatic rings. The Morgan fingerprint density at radius 3 is 2.94 bits per heavy atom. The van der Waals surface area contributed by atoms with Crippen molar-refractivity contribution >= 4 is 11.9 Å². The smallest absolute Gasteiger partial charge is 0.350 e. The molecule has 1 heterocycles. The molecule has 0 aliphatic carbocycles. The molecule has 0 aromatic carbocycles. The fourth-order valence-electron chi connectivity index (χ4n) is 1.06. The summed E-state index contributed by atoms with van der Waals surface area (Å²) in [5, 5.41) is 11.0. The molecule has 18 heavy (non-hydrogen) atoms. The summed E-state index contributed by atoms with van der Waals surface area (Å²) in [6.45, 7) is 1.79. The first-order valence-electron chi connectivity index (χ1n) is 5.17. The average Bonchev–Trinajstić information content (AvgIpc) is 2.40. The molecule has 0 fully saturated rings. The van der Waals surface area contributed by atoms with Crippen molar-refractivity contribution in [3.63, 3.8) is 0 Å². The minimum atomic E-state index is -0.772. The highest BCUT2D eigenvalue weighted by molar-refractivity contribution is 5.97. The molecule has 1 N–H and O–H groups in total. The van der Waals surface area contributed by atoms with Gasteiger partial charge in [0.15, 0.2) is 5.57 Å². The highest BCUT2D eigenvalue weighted by Gasteiger charge is 2.10. The van der Waals surface area contributed by atoms with Gasteiger partial charge in [-0.25, -0.2) is 4.79 Å². The van der Waals surface area contributed by atoms with Crippen molar-refractivity contribution < 1.29 is 14.3 Å². The molecule has 0 unspecified atom stereocenters. The van der Waals surface area contributed by atoms with Crippen LogP contribution < -0.4 is 5.32 Å². The van der Waals surface area contributed by atoms with Crippen LogP contribution in [0.15, 0.2) is 36.3 Å². The highest BCUT2D eigenvalue weighted by Crippen LogP contribution is 1.98. The number of pyridine rings is 1. The fraction of sp³-hybridized carbons (Fsp3) is 0.167. The highest BCUT2D eigenvalue weighted by atomic mass is 16.5. The van der Waals surface area contributed by atoms with Crippen LogP contribution >= 0.6 is 0 Å². The lowest BCUT2D eigenvalue weighted by Crippen LogP contribution is -2.19. The van der Waals surface area contributed by atoms with Crippen LogP contribution in [0.25, 0.3) is 0 Å². The minimum Gasteiger partial charge on any atom is -0.462 e. The molecule has 1 rings (SSSR count). The predicted molar refractivity (Wildman–Crippen MR) is 62.0 cm³/mol. The number of ether oxygens (including phenoxy) is 1. The first-order valence-corrected chi connectivity index (χ1v) is 5.17. The number of amides is 1. The molecule has 1 aromatic heterocycles. The van der Waals surface area contributed by atoms with Gasteiger partial charge >= 0.3 is 5.97 Å². The van der Waals surface area contributed by atoms with Gasteiger partial charge in [-0.15, -0.1) is 0 Å². The Bertz CT molecular complexity index is 503. The Morgan fingerprint density at radius 1 is 1.61 bits per heavy atom. The van der Waals surface area contributed by atoms with Crippen molar-refractivity contribution in [2.75, 3.05) is 6.61 Å². The number of nitriles is 1. The summed E-state index contributed by atoms with van der Waals surface area (Å²) in [6.07, 6.45) is 3.93. The van der Waals surface area contributed by atoms with Gasteiger partial charge in [0.1, 0.15) is 6.07 Å². The van der Waals surface area contributed by atoms with Crippen molar-refractivity contribution in [2.45, 2.75) is 6.92 Å². The van der Waals surface area contributed by atoms with Crippen molar-refractivity contribution in [3.8, 4) is 6.07 Å². The number of aromatic nitrogens is 1. The number of esters is 1. The van der Waals surface area contributed by atoms with Gasteiger partial charge < -0.3 is 10.1 Å². The zero-order chi connectivity index (χ0) is 13.4. The van der Waals surface area contributed by atoms with E-state index in [-0.39, 0.29) is 12.2 Å². The molecule has 0 aliphatic heterocycles. The standard InChI is InChI=1S/C12H11N3O3/c1-2-18-12(17)10(6-13)8-15-11(16)9-4-3-5-14-7-9/h3-5,7-8H,2H2,1H3,(H,15,16)/b10-8-. The predicted octanol–water partition coefficient (Wildman–Crippen LogP) is 0.782. The second kappa shape index (κ2) is 6.81. The van der Waals surface area contributed by atoms with Crippen LogP contribution in [0.3, 0.4) is 0 Å². The third-order valence-corrected chi connectivity index (χ3v) is 1.89. The number of hydrogen-bond donors (Lipinski definition) is 1. The molecular weight excluding hydrogens is 234 g/mol. The molecule has 0 aliphatic rings. The number of nitrogens with zero attached hydrogens (tertiary/aromatic N) is 2. The summed E-state index contributed by atoms with van der Waals surface area (Å²) >= 11 is 0. The van der Waals surface area contributed by atoms with Gasteiger partial charge in [-0.05, 0) is 19.1 Å². The van der Waals surface area contributed by atoms with Crippen molar-refractivity contribution in [3.05, 3.63) is 41.9 Å². The first kappa shape index (κ1) is 13.4. The second-order valence-electron chi connectivity index (χ2n) is 3.11. The summed E-state index contributed by atoms with van der Waals surface area (Å²) in [5.41, 5.74) is 0.0592. The lowest BCUT2D eigenvalue weighted by Gasteiger charge is -2.01.